The van der Waals surface area contributed by atoms with E-state index in [-0.39, 0.29) is 29.8 Å². The summed E-state index contributed by atoms with van der Waals surface area (Å²) in [5.41, 5.74) is 0.532. The van der Waals surface area contributed by atoms with Crippen LogP contribution in [-0.4, -0.2) is 94.6 Å². The van der Waals surface area contributed by atoms with Crippen LogP contribution < -0.4 is 0 Å². The average Bonchev–Trinajstić information content (AvgIpc) is 3.37. The van der Waals surface area contributed by atoms with Crippen molar-refractivity contribution in [3.8, 4) is 0 Å². The standard InChI is InChI=1S/C13H23F2NO.C10H21NO2/c1-11(2)17-10-12(3-4-12)9-16-7-5-13(14,15)6-8-16;1-9(2)13-8-10(5-11(3)4)6-12-7-10/h11H,3-10H2,1-2H3;9H,5-8H2,1-4H3. The fourth-order valence-electron chi connectivity index (χ4n) is 4.01. The first-order chi connectivity index (χ1) is 13.9. The van der Waals surface area contributed by atoms with E-state index in [1.54, 1.807) is 0 Å². The van der Waals surface area contributed by atoms with Gasteiger partial charge in [-0.05, 0) is 54.6 Å². The van der Waals surface area contributed by atoms with Crippen LogP contribution in [0.1, 0.15) is 53.4 Å². The third-order valence-electron chi connectivity index (χ3n) is 6.02. The number of rotatable bonds is 10. The highest BCUT2D eigenvalue weighted by Gasteiger charge is 2.46. The Kier molecular flexibility index (Phi) is 9.50. The molecule has 0 radical (unpaired) electrons. The van der Waals surface area contributed by atoms with Crippen molar-refractivity contribution in [3.63, 3.8) is 0 Å². The average molecular weight is 435 g/mol. The fraction of sp³-hybridized carbons (Fsp3) is 1.00. The Bertz CT molecular complexity index is 497. The van der Waals surface area contributed by atoms with Crippen LogP contribution in [0.3, 0.4) is 0 Å². The molecule has 0 aromatic rings. The molecule has 3 rings (SSSR count). The van der Waals surface area contributed by atoms with Crippen molar-refractivity contribution in [2.45, 2.75) is 71.5 Å². The first-order valence-electron chi connectivity index (χ1n) is 11.5. The predicted octanol–water partition coefficient (Wildman–Crippen LogP) is 3.91. The molecule has 5 nitrogen and oxygen atoms in total. The monoisotopic (exact) mass is 434 g/mol. The summed E-state index contributed by atoms with van der Waals surface area (Å²) in [7, 11) is 4.19. The summed E-state index contributed by atoms with van der Waals surface area (Å²) >= 11 is 0. The Morgan fingerprint density at radius 2 is 1.37 bits per heavy atom. The van der Waals surface area contributed by atoms with Crippen molar-refractivity contribution in [2.24, 2.45) is 10.8 Å². The van der Waals surface area contributed by atoms with Crippen LogP contribution >= 0.6 is 0 Å². The highest BCUT2D eigenvalue weighted by molar-refractivity contribution is 4.96. The van der Waals surface area contributed by atoms with Gasteiger partial charge in [0, 0.05) is 44.4 Å². The van der Waals surface area contributed by atoms with Crippen LogP contribution in [0.25, 0.3) is 0 Å². The molecule has 3 fully saturated rings. The summed E-state index contributed by atoms with van der Waals surface area (Å²) in [6.45, 7) is 14.6. The summed E-state index contributed by atoms with van der Waals surface area (Å²) in [5, 5.41) is 0. The van der Waals surface area contributed by atoms with E-state index in [4.69, 9.17) is 14.2 Å². The van der Waals surface area contributed by atoms with Gasteiger partial charge < -0.3 is 24.0 Å². The number of alkyl halides is 2. The molecule has 2 heterocycles. The Labute approximate surface area is 182 Å². The SMILES string of the molecule is CC(C)OCC1(CN(C)C)COC1.CC(C)OCC1(CN2CCC(F)(F)CC2)CC1. The van der Waals surface area contributed by atoms with Gasteiger partial charge in [0.2, 0.25) is 0 Å². The van der Waals surface area contributed by atoms with Gasteiger partial charge in [0.15, 0.2) is 0 Å². The molecule has 7 heteroatoms. The lowest BCUT2D eigenvalue weighted by Crippen LogP contribution is -2.52. The van der Waals surface area contributed by atoms with Crippen LogP contribution in [0.15, 0.2) is 0 Å². The molecule has 3 aliphatic rings. The molecule has 30 heavy (non-hydrogen) atoms. The molecule has 1 saturated carbocycles. The summed E-state index contributed by atoms with van der Waals surface area (Å²) in [4.78, 5) is 4.39. The van der Waals surface area contributed by atoms with Crippen molar-refractivity contribution in [3.05, 3.63) is 0 Å². The lowest BCUT2D eigenvalue weighted by atomic mass is 9.86. The zero-order valence-electron chi connectivity index (χ0n) is 20.0. The van der Waals surface area contributed by atoms with Crippen LogP contribution in [0.5, 0.6) is 0 Å². The molecule has 0 aromatic heterocycles. The number of hydrogen-bond donors (Lipinski definition) is 0. The molecular formula is C23H44F2N2O3. The number of ether oxygens (including phenoxy) is 3. The Morgan fingerprint density at radius 1 is 0.867 bits per heavy atom. The van der Waals surface area contributed by atoms with Gasteiger partial charge in [-0.15, -0.1) is 0 Å². The second-order valence-corrected chi connectivity index (χ2v) is 10.6. The van der Waals surface area contributed by atoms with E-state index in [0.717, 1.165) is 39.5 Å². The van der Waals surface area contributed by atoms with E-state index >= 15 is 0 Å². The van der Waals surface area contributed by atoms with E-state index in [0.29, 0.717) is 19.2 Å². The van der Waals surface area contributed by atoms with Crippen LogP contribution in [-0.2, 0) is 14.2 Å². The highest BCUT2D eigenvalue weighted by Crippen LogP contribution is 2.47. The van der Waals surface area contributed by atoms with Crippen molar-refractivity contribution in [2.75, 3.05) is 66.7 Å². The van der Waals surface area contributed by atoms with Crippen molar-refractivity contribution < 1.29 is 23.0 Å². The number of halogens is 2. The van der Waals surface area contributed by atoms with E-state index < -0.39 is 5.92 Å². The van der Waals surface area contributed by atoms with Crippen molar-refractivity contribution in [1.82, 2.24) is 9.80 Å². The number of likely N-dealkylation sites (tertiary alicyclic amines) is 1. The minimum absolute atomic E-state index is 0.0219. The van der Waals surface area contributed by atoms with Gasteiger partial charge in [0.05, 0.1) is 44.1 Å². The summed E-state index contributed by atoms with van der Waals surface area (Å²) < 4.78 is 42.6. The molecule has 1 aliphatic carbocycles. The van der Waals surface area contributed by atoms with Gasteiger partial charge >= 0.3 is 0 Å². The highest BCUT2D eigenvalue weighted by atomic mass is 19.3. The van der Waals surface area contributed by atoms with Gasteiger partial charge in [-0.25, -0.2) is 8.78 Å². The van der Waals surface area contributed by atoms with Crippen LogP contribution in [0, 0.1) is 10.8 Å². The first-order valence-corrected chi connectivity index (χ1v) is 11.5. The minimum atomic E-state index is -2.43. The molecule has 0 atom stereocenters. The molecule has 0 N–H and O–H groups in total. The molecule has 2 aliphatic heterocycles. The zero-order chi connectivity index (χ0) is 22.4. The van der Waals surface area contributed by atoms with Gasteiger partial charge in [-0.3, -0.25) is 0 Å². The molecule has 0 aromatic carbocycles. The van der Waals surface area contributed by atoms with E-state index in [1.165, 1.54) is 12.8 Å². The maximum Gasteiger partial charge on any atom is 0.250 e. The van der Waals surface area contributed by atoms with Crippen LogP contribution in [0.2, 0.25) is 0 Å². The second kappa shape index (κ2) is 11.0. The number of piperidine rings is 1. The largest absolute Gasteiger partial charge is 0.380 e. The summed E-state index contributed by atoms with van der Waals surface area (Å²) in [6.07, 6.45) is 3.00. The first kappa shape index (κ1) is 25.9. The van der Waals surface area contributed by atoms with Gasteiger partial charge in [0.25, 0.3) is 5.92 Å². The Morgan fingerprint density at radius 3 is 1.73 bits per heavy atom. The molecule has 0 spiro atoms. The normalized spacial score (nSPS) is 24.5. The molecule has 0 amide bonds. The predicted molar refractivity (Wildman–Crippen MR) is 116 cm³/mol. The number of nitrogens with zero attached hydrogens (tertiary/aromatic N) is 2. The summed E-state index contributed by atoms with van der Waals surface area (Å²) in [5.74, 6) is -2.43. The molecule has 0 bridgehead atoms. The number of hydrogen-bond acceptors (Lipinski definition) is 5. The molecule has 2 saturated heterocycles. The van der Waals surface area contributed by atoms with E-state index in [1.807, 2.05) is 13.8 Å². The Hall–Kier alpha value is -0.340. The summed E-state index contributed by atoms with van der Waals surface area (Å²) in [6, 6.07) is 0. The lowest BCUT2D eigenvalue weighted by molar-refractivity contribution is -0.162. The topological polar surface area (TPSA) is 34.2 Å². The zero-order valence-corrected chi connectivity index (χ0v) is 20.0. The molecular weight excluding hydrogens is 390 g/mol. The minimum Gasteiger partial charge on any atom is -0.380 e. The molecule has 178 valence electrons. The Balaban J connectivity index is 0.000000222. The third kappa shape index (κ3) is 9.03. The van der Waals surface area contributed by atoms with E-state index in [2.05, 4.69) is 37.7 Å². The van der Waals surface area contributed by atoms with Crippen LogP contribution in [0.4, 0.5) is 8.78 Å². The fourth-order valence-corrected chi connectivity index (χ4v) is 4.01. The third-order valence-corrected chi connectivity index (χ3v) is 6.02. The smallest absolute Gasteiger partial charge is 0.250 e. The van der Waals surface area contributed by atoms with Crippen molar-refractivity contribution >= 4 is 0 Å². The quantitative estimate of drug-likeness (QED) is 0.521. The second-order valence-electron chi connectivity index (χ2n) is 10.6. The lowest BCUT2D eigenvalue weighted by Gasteiger charge is -2.43. The van der Waals surface area contributed by atoms with Crippen molar-refractivity contribution in [1.29, 1.82) is 0 Å². The maximum absolute atomic E-state index is 13.0. The van der Waals surface area contributed by atoms with E-state index in [9.17, 15) is 8.78 Å². The molecule has 0 unspecified atom stereocenters. The van der Waals surface area contributed by atoms with Gasteiger partial charge in [0.1, 0.15) is 0 Å². The maximum atomic E-state index is 13.0. The van der Waals surface area contributed by atoms with Gasteiger partial charge in [-0.2, -0.15) is 0 Å². The van der Waals surface area contributed by atoms with Gasteiger partial charge in [-0.1, -0.05) is 0 Å².